The van der Waals surface area contributed by atoms with Crippen molar-refractivity contribution in [3.8, 4) is 0 Å². The van der Waals surface area contributed by atoms with Crippen molar-refractivity contribution in [1.29, 1.82) is 5.41 Å². The van der Waals surface area contributed by atoms with Crippen LogP contribution in [0.1, 0.15) is 6.42 Å². The van der Waals surface area contributed by atoms with Gasteiger partial charge < -0.3 is 5.73 Å². The van der Waals surface area contributed by atoms with Crippen molar-refractivity contribution in [1.82, 2.24) is 0 Å². The second-order valence-electron chi connectivity index (χ2n) is 2.32. The number of hydrogen-bond donors (Lipinski definition) is 2. The molecule has 0 aromatic rings. The molecule has 0 amide bonds. The van der Waals surface area contributed by atoms with Crippen LogP contribution < -0.4 is 5.73 Å². The zero-order valence-electron chi connectivity index (χ0n) is 5.65. The monoisotopic (exact) mass is 133 g/mol. The highest BCUT2D eigenvalue weighted by atomic mass is 14.6. The lowest BCUT2D eigenvalue weighted by molar-refractivity contribution is 1.13. The van der Waals surface area contributed by atoms with Gasteiger partial charge in [0, 0.05) is 6.42 Å². The molecule has 0 spiro atoms. The number of nitrogens with one attached hydrogen (secondary N) is 1. The van der Waals surface area contributed by atoms with Crippen molar-refractivity contribution in [2.45, 2.75) is 6.42 Å². The van der Waals surface area contributed by atoms with Gasteiger partial charge in [0.05, 0.1) is 18.4 Å². The second-order valence-corrected chi connectivity index (χ2v) is 2.32. The molecule has 2 heteroatoms. The molecule has 1 rings (SSSR count). The molecule has 0 unspecified atom stereocenters. The van der Waals surface area contributed by atoms with Crippen LogP contribution in [-0.4, -0.2) is 5.71 Å². The highest BCUT2D eigenvalue weighted by Crippen LogP contribution is 2.19. The minimum atomic E-state index is 0.310. The summed E-state index contributed by atoms with van der Waals surface area (Å²) in [6.45, 7) is 9.15. The van der Waals surface area contributed by atoms with E-state index in [0.717, 1.165) is 5.57 Å². The maximum Gasteiger partial charge on any atom is 0.203 e. The minimum absolute atomic E-state index is 0.310. The Morgan fingerprint density at radius 3 is 2.80 bits per heavy atom. The maximum absolute atomic E-state index is 7.26. The quantitative estimate of drug-likeness (QED) is 0.479. The summed E-state index contributed by atoms with van der Waals surface area (Å²) in [6, 6.07) is 0. The minimum Gasteiger partial charge on any atom is -0.397 e. The zero-order chi connectivity index (χ0) is 7.72. The Hall–Kier alpha value is -1.40. The molecule has 10 heavy (non-hydrogen) atoms. The predicted molar refractivity (Wildman–Crippen MR) is 41.6 cm³/mol. The molecule has 3 N–H and O–H groups in total. The SMILES string of the molecule is [CH+]=C1CC(=C)C(N)=CC1=N. The Morgan fingerprint density at radius 1 is 1.70 bits per heavy atom. The van der Waals surface area contributed by atoms with Crippen molar-refractivity contribution in [3.63, 3.8) is 0 Å². The van der Waals surface area contributed by atoms with Crippen LogP contribution in [0, 0.1) is 12.0 Å². The van der Waals surface area contributed by atoms with E-state index in [0.29, 0.717) is 23.4 Å². The average Bonchev–Trinajstić information content (AvgIpc) is 1.84. The molecule has 0 aromatic carbocycles. The van der Waals surface area contributed by atoms with Crippen LogP contribution in [0.25, 0.3) is 0 Å². The molecule has 0 radical (unpaired) electrons. The normalized spacial score (nSPS) is 19.1. The lowest BCUT2D eigenvalue weighted by atomic mass is 9.95. The third-order valence-corrected chi connectivity index (χ3v) is 1.46. The fraction of sp³-hybridized carbons (Fsp3) is 0.125. The number of rotatable bonds is 0. The smallest absolute Gasteiger partial charge is 0.203 e. The standard InChI is InChI=1S/C8H9N2/c1-5-3-6(2)8(10)4-7(5)9/h1,4,9H,2-3,10H2/q+1. The van der Waals surface area contributed by atoms with Gasteiger partial charge in [0.25, 0.3) is 0 Å². The van der Waals surface area contributed by atoms with Crippen LogP contribution in [-0.2, 0) is 0 Å². The molecule has 50 valence electrons. The van der Waals surface area contributed by atoms with Crippen molar-refractivity contribution in [2.24, 2.45) is 5.73 Å². The Balaban J connectivity index is 3.01. The highest BCUT2D eigenvalue weighted by molar-refractivity contribution is 6.07. The fourth-order valence-electron chi connectivity index (χ4n) is 0.777. The average molecular weight is 133 g/mol. The van der Waals surface area contributed by atoms with E-state index in [-0.39, 0.29) is 0 Å². The van der Waals surface area contributed by atoms with Gasteiger partial charge >= 0.3 is 0 Å². The fourth-order valence-corrected chi connectivity index (χ4v) is 0.777. The van der Waals surface area contributed by atoms with Gasteiger partial charge in [-0.15, -0.1) is 0 Å². The highest BCUT2D eigenvalue weighted by Gasteiger charge is 2.20. The van der Waals surface area contributed by atoms with Gasteiger partial charge in [-0.2, -0.15) is 0 Å². The molecular weight excluding hydrogens is 124 g/mol. The topological polar surface area (TPSA) is 49.9 Å². The molecule has 0 bridgehead atoms. The summed E-state index contributed by atoms with van der Waals surface area (Å²) in [4.78, 5) is 0. The van der Waals surface area contributed by atoms with E-state index in [4.69, 9.17) is 17.7 Å². The first-order valence-corrected chi connectivity index (χ1v) is 2.97. The largest absolute Gasteiger partial charge is 0.397 e. The van der Waals surface area contributed by atoms with Crippen LogP contribution in [0.4, 0.5) is 0 Å². The van der Waals surface area contributed by atoms with Gasteiger partial charge in [0.1, 0.15) is 0 Å². The summed E-state index contributed by atoms with van der Waals surface area (Å²) < 4.78 is 0. The maximum atomic E-state index is 7.26. The van der Waals surface area contributed by atoms with E-state index in [1.54, 1.807) is 0 Å². The second kappa shape index (κ2) is 2.09. The van der Waals surface area contributed by atoms with Gasteiger partial charge in [0.2, 0.25) is 5.71 Å². The number of hydrogen-bond acceptors (Lipinski definition) is 2. The Kier molecular flexibility index (Phi) is 1.40. The molecule has 2 nitrogen and oxygen atoms in total. The summed E-state index contributed by atoms with van der Waals surface area (Å²) in [5.74, 6) is 0. The number of nitrogens with two attached hydrogens (primary N) is 1. The first-order valence-electron chi connectivity index (χ1n) is 2.97. The van der Waals surface area contributed by atoms with Crippen molar-refractivity contribution in [3.05, 3.63) is 36.1 Å². The van der Waals surface area contributed by atoms with Crippen LogP contribution in [0.2, 0.25) is 0 Å². The molecule has 0 fully saturated rings. The Morgan fingerprint density at radius 2 is 2.30 bits per heavy atom. The molecule has 0 aromatic heterocycles. The van der Waals surface area contributed by atoms with E-state index in [1.807, 2.05) is 0 Å². The van der Waals surface area contributed by atoms with E-state index in [2.05, 4.69) is 6.58 Å². The van der Waals surface area contributed by atoms with Crippen LogP contribution in [0.3, 0.4) is 0 Å². The summed E-state index contributed by atoms with van der Waals surface area (Å²) in [7, 11) is 0. The molecule has 0 saturated heterocycles. The molecule has 0 saturated carbocycles. The summed E-state index contributed by atoms with van der Waals surface area (Å²) in [5, 5.41) is 7.26. The molecule has 0 atom stereocenters. The van der Waals surface area contributed by atoms with E-state index in [9.17, 15) is 0 Å². The van der Waals surface area contributed by atoms with Crippen LogP contribution >= 0.6 is 0 Å². The van der Waals surface area contributed by atoms with Crippen molar-refractivity contribution in [2.75, 3.05) is 0 Å². The summed E-state index contributed by atoms with van der Waals surface area (Å²) in [5.41, 5.74) is 7.70. The lowest BCUT2D eigenvalue weighted by Crippen LogP contribution is -2.12. The van der Waals surface area contributed by atoms with Gasteiger partial charge in [-0.1, -0.05) is 6.58 Å². The zero-order valence-corrected chi connectivity index (χ0v) is 5.65. The van der Waals surface area contributed by atoms with Crippen molar-refractivity contribution >= 4 is 5.71 Å². The van der Waals surface area contributed by atoms with E-state index >= 15 is 0 Å². The third kappa shape index (κ3) is 0.971. The third-order valence-electron chi connectivity index (χ3n) is 1.46. The molecule has 1 aliphatic rings. The first-order chi connectivity index (χ1) is 4.61. The molecule has 1 aliphatic carbocycles. The predicted octanol–water partition coefficient (Wildman–Crippen LogP) is 1.17. The summed E-state index contributed by atoms with van der Waals surface area (Å²) >= 11 is 0. The lowest BCUT2D eigenvalue weighted by Gasteiger charge is -2.06. The van der Waals surface area contributed by atoms with Crippen LogP contribution in [0.5, 0.6) is 0 Å². The van der Waals surface area contributed by atoms with Crippen LogP contribution in [0.15, 0.2) is 29.5 Å². The Labute approximate surface area is 60.2 Å². The van der Waals surface area contributed by atoms with Gasteiger partial charge in [-0.3, -0.25) is 0 Å². The first kappa shape index (κ1) is 6.72. The number of allylic oxidation sites excluding steroid dienone is 3. The van der Waals surface area contributed by atoms with Gasteiger partial charge in [0.15, 0.2) is 5.57 Å². The molecule has 0 heterocycles. The molecular formula is C8H9N2+. The van der Waals surface area contributed by atoms with E-state index < -0.39 is 0 Å². The summed E-state index contributed by atoms with van der Waals surface area (Å²) in [6.07, 6.45) is 2.06. The van der Waals surface area contributed by atoms with E-state index in [1.165, 1.54) is 6.08 Å². The van der Waals surface area contributed by atoms with Gasteiger partial charge in [-0.05, 0) is 5.57 Å². The van der Waals surface area contributed by atoms with Gasteiger partial charge in [-0.25, -0.2) is 5.41 Å². The Bertz CT molecular complexity index is 246. The molecule has 0 aliphatic heterocycles. The van der Waals surface area contributed by atoms with Crippen molar-refractivity contribution < 1.29 is 0 Å².